The molecule has 0 atom stereocenters. The van der Waals surface area contributed by atoms with Crippen molar-refractivity contribution in [2.45, 2.75) is 33.6 Å². The van der Waals surface area contributed by atoms with E-state index in [-0.39, 0.29) is 5.97 Å². The van der Waals surface area contributed by atoms with Crippen LogP contribution >= 0.6 is 10.0 Å². The van der Waals surface area contributed by atoms with Crippen molar-refractivity contribution in [3.63, 3.8) is 0 Å². The quantitative estimate of drug-likeness (QED) is 0.412. The van der Waals surface area contributed by atoms with Gasteiger partial charge in [0.15, 0.2) is 0 Å². The highest BCUT2D eigenvalue weighted by molar-refractivity contribution is 8.47. The number of carbonyl (C=O) groups is 1. The van der Waals surface area contributed by atoms with Gasteiger partial charge in [0.25, 0.3) is 0 Å². The molecule has 0 aromatic heterocycles. The number of carbonyl (C=O) groups excluding carboxylic acids is 1. The van der Waals surface area contributed by atoms with E-state index in [1.54, 1.807) is 19.1 Å². The van der Waals surface area contributed by atoms with Crippen LogP contribution in [0.25, 0.3) is 6.08 Å². The summed E-state index contributed by atoms with van der Waals surface area (Å²) in [6.45, 7) is 6.51. The lowest BCUT2D eigenvalue weighted by molar-refractivity contribution is 0.0526. The Labute approximate surface area is 192 Å². The van der Waals surface area contributed by atoms with Crippen LogP contribution in [0.1, 0.15) is 65.4 Å². The topological polar surface area (TPSA) is 38.7 Å². The van der Waals surface area contributed by atoms with E-state index in [1.807, 2.05) is 12.1 Å². The van der Waals surface area contributed by atoms with E-state index in [9.17, 15) is 4.79 Å². The van der Waals surface area contributed by atoms with E-state index in [0.29, 0.717) is 12.2 Å². The zero-order valence-corrected chi connectivity index (χ0v) is 20.2. The third-order valence-corrected chi connectivity index (χ3v) is 9.25. The molecule has 0 saturated carbocycles. The molecule has 3 nitrogen and oxygen atoms in total. The van der Waals surface area contributed by atoms with Crippen LogP contribution in [0.4, 0.5) is 0 Å². The summed E-state index contributed by atoms with van der Waals surface area (Å²) in [5.74, 6) is 6.29. The number of allylic oxidation sites excluding steroid dienone is 3. The molecule has 4 rings (SSSR count). The molecule has 164 valence electrons. The summed E-state index contributed by atoms with van der Waals surface area (Å²) in [6.07, 6.45) is 11.2. The largest absolute Gasteiger partial charge is 0.462 e. The van der Waals surface area contributed by atoms with Gasteiger partial charge in [-0.2, -0.15) is 10.0 Å². The fourth-order valence-corrected chi connectivity index (χ4v) is 6.24. The summed E-state index contributed by atoms with van der Waals surface area (Å²) in [5.41, 5.74) is 7.43. The van der Waals surface area contributed by atoms with Crippen LogP contribution in [0.15, 0.2) is 58.1 Å². The number of esters is 1. The second-order valence-electron chi connectivity index (χ2n) is 8.47. The maximum atomic E-state index is 11.9. The molecular formula is C28H29NO2S. The van der Waals surface area contributed by atoms with Crippen molar-refractivity contribution < 1.29 is 9.53 Å². The average molecular weight is 444 g/mol. The Morgan fingerprint density at radius 2 is 1.81 bits per heavy atom. The second-order valence-corrected chi connectivity index (χ2v) is 12.1. The third-order valence-electron chi connectivity index (χ3n) is 6.15. The first kappa shape index (κ1) is 22.2. The van der Waals surface area contributed by atoms with Crippen LogP contribution in [-0.4, -0.2) is 30.1 Å². The number of hydrogen-bond donors (Lipinski definition) is 0. The van der Waals surface area contributed by atoms with Crippen LogP contribution < -0.4 is 0 Å². The molecule has 0 spiro atoms. The smallest absolute Gasteiger partial charge is 0.338 e. The van der Waals surface area contributed by atoms with Crippen LogP contribution in [-0.2, 0) is 11.2 Å². The maximum Gasteiger partial charge on any atom is 0.338 e. The molecule has 0 saturated heterocycles. The molecule has 2 aromatic rings. The Morgan fingerprint density at radius 3 is 2.47 bits per heavy atom. The lowest BCUT2D eigenvalue weighted by atomic mass is 9.91. The summed E-state index contributed by atoms with van der Waals surface area (Å²) in [7, 11) is -1.09. The minimum absolute atomic E-state index is 0.306. The molecule has 0 amide bonds. The molecule has 32 heavy (non-hydrogen) atoms. The van der Waals surface area contributed by atoms with Crippen molar-refractivity contribution in [3.8, 4) is 11.8 Å². The van der Waals surface area contributed by atoms with Gasteiger partial charge in [0.1, 0.15) is 0 Å². The first-order valence-electron chi connectivity index (χ1n) is 10.9. The van der Waals surface area contributed by atoms with Gasteiger partial charge in [-0.05, 0) is 98.6 Å². The van der Waals surface area contributed by atoms with Crippen LogP contribution in [0.2, 0.25) is 0 Å². The van der Waals surface area contributed by atoms with E-state index < -0.39 is 10.0 Å². The van der Waals surface area contributed by atoms with Gasteiger partial charge in [-0.1, -0.05) is 24.0 Å². The van der Waals surface area contributed by atoms with Gasteiger partial charge >= 0.3 is 5.97 Å². The fourth-order valence-electron chi connectivity index (χ4n) is 4.07. The first-order chi connectivity index (χ1) is 15.3. The minimum Gasteiger partial charge on any atom is -0.462 e. The molecule has 1 aliphatic carbocycles. The lowest BCUT2D eigenvalue weighted by Crippen LogP contribution is -2.13. The number of hydrogen-bond acceptors (Lipinski definition) is 3. The molecule has 0 unspecified atom stereocenters. The lowest BCUT2D eigenvalue weighted by Gasteiger charge is -2.31. The van der Waals surface area contributed by atoms with Crippen LogP contribution in [0.5, 0.6) is 0 Å². The van der Waals surface area contributed by atoms with E-state index in [1.165, 1.54) is 26.6 Å². The van der Waals surface area contributed by atoms with E-state index in [2.05, 4.69) is 62.5 Å². The predicted octanol–water partition coefficient (Wildman–Crippen LogP) is 6.30. The van der Waals surface area contributed by atoms with Crippen molar-refractivity contribution in [2.75, 3.05) is 19.1 Å². The highest BCUT2D eigenvalue weighted by Gasteiger charge is 2.31. The SMILES string of the molecule is CCOC(=O)c1ccc(C#Cc2cc3c(c(C4=NC(C)=C(C)S4(C)C)c2)CCC=C3)cc1. The summed E-state index contributed by atoms with van der Waals surface area (Å²) >= 11 is 0. The summed E-state index contributed by atoms with van der Waals surface area (Å²) in [6, 6.07) is 11.7. The maximum absolute atomic E-state index is 11.9. The van der Waals surface area contributed by atoms with Gasteiger partial charge in [0.05, 0.1) is 17.2 Å². The normalized spacial score (nSPS) is 17.2. The Balaban J connectivity index is 1.71. The molecular weight excluding hydrogens is 414 g/mol. The van der Waals surface area contributed by atoms with Gasteiger partial charge < -0.3 is 4.74 Å². The second kappa shape index (κ2) is 8.84. The zero-order chi connectivity index (χ0) is 22.9. The first-order valence-corrected chi connectivity index (χ1v) is 13.4. The van der Waals surface area contributed by atoms with Crippen molar-refractivity contribution in [3.05, 3.63) is 86.5 Å². The number of fused-ring (bicyclic) bond motifs is 1. The molecule has 2 aromatic carbocycles. The van der Waals surface area contributed by atoms with E-state index in [4.69, 9.17) is 9.73 Å². The highest BCUT2D eigenvalue weighted by atomic mass is 32.3. The number of ether oxygens (including phenoxy) is 1. The van der Waals surface area contributed by atoms with Gasteiger partial charge in [-0.15, -0.1) is 0 Å². The standard InChI is InChI=1S/C28H29NO2S/c1-6-31-28(30)23-15-13-21(14-16-23)11-12-22-17-24-9-7-8-10-25(24)26(18-22)27-29-19(2)20(3)32(27,4)5/h7,9,13-18H,6,8,10H2,1-5H3. The minimum atomic E-state index is -1.09. The molecule has 4 heteroatoms. The number of benzene rings is 2. The Bertz CT molecular complexity index is 1230. The van der Waals surface area contributed by atoms with Crippen molar-refractivity contribution in [2.24, 2.45) is 4.99 Å². The van der Waals surface area contributed by atoms with E-state index in [0.717, 1.165) is 29.7 Å². The predicted molar refractivity (Wildman–Crippen MR) is 137 cm³/mol. The Morgan fingerprint density at radius 1 is 1.09 bits per heavy atom. The molecule has 1 aliphatic heterocycles. The molecule has 2 aliphatic rings. The van der Waals surface area contributed by atoms with Gasteiger partial charge in [-0.25, -0.2) is 9.79 Å². The van der Waals surface area contributed by atoms with Gasteiger partial charge in [0.2, 0.25) is 0 Å². The summed E-state index contributed by atoms with van der Waals surface area (Å²) < 4.78 is 5.05. The number of aliphatic imine (C=N–C) groups is 1. The van der Waals surface area contributed by atoms with Gasteiger partial charge in [-0.3, -0.25) is 0 Å². The Hall–Kier alpha value is -3.03. The summed E-state index contributed by atoms with van der Waals surface area (Å²) in [5, 5.41) is 1.22. The number of rotatable bonds is 3. The van der Waals surface area contributed by atoms with Crippen LogP contribution in [0, 0.1) is 11.8 Å². The van der Waals surface area contributed by atoms with Crippen molar-refractivity contribution in [1.29, 1.82) is 0 Å². The van der Waals surface area contributed by atoms with Crippen molar-refractivity contribution >= 4 is 27.1 Å². The Kier molecular flexibility index (Phi) is 6.13. The molecule has 0 N–H and O–H groups in total. The van der Waals surface area contributed by atoms with Gasteiger partial charge in [0, 0.05) is 22.4 Å². The van der Waals surface area contributed by atoms with Crippen LogP contribution in [0.3, 0.4) is 0 Å². The molecule has 0 fully saturated rings. The number of nitrogens with zero attached hydrogens (tertiary/aromatic N) is 1. The fraction of sp³-hybridized carbons (Fsp3) is 0.286. The highest BCUT2D eigenvalue weighted by Crippen LogP contribution is 2.57. The molecule has 1 heterocycles. The van der Waals surface area contributed by atoms with Crippen molar-refractivity contribution in [1.82, 2.24) is 0 Å². The third kappa shape index (κ3) is 4.18. The average Bonchev–Trinajstić information content (AvgIpc) is 3.00. The van der Waals surface area contributed by atoms with E-state index >= 15 is 0 Å². The monoisotopic (exact) mass is 443 g/mol. The summed E-state index contributed by atoms with van der Waals surface area (Å²) in [4.78, 5) is 18.3. The molecule has 0 bridgehead atoms. The zero-order valence-electron chi connectivity index (χ0n) is 19.4. The molecule has 0 radical (unpaired) electrons.